The number of allylic oxidation sites excluding steroid dienone is 1. The fourth-order valence-electron chi connectivity index (χ4n) is 1.18. The van der Waals surface area contributed by atoms with Gasteiger partial charge in [0.05, 0.1) is 0 Å². The monoisotopic (exact) mass is 186 g/mol. The first kappa shape index (κ1) is 12.4. The third-order valence-corrected chi connectivity index (χ3v) is 2.03. The van der Waals surface area contributed by atoms with E-state index in [0.717, 1.165) is 37.0 Å². The molecule has 0 fully saturated rings. The molecule has 0 spiro atoms. The second-order valence-corrected chi connectivity index (χ2v) is 3.12. The summed E-state index contributed by atoms with van der Waals surface area (Å²) < 4.78 is 0. The maximum Gasteiger partial charge on any atom is 0.0156 e. The van der Waals surface area contributed by atoms with E-state index in [1.54, 1.807) is 0 Å². The number of hydrogen-bond donors (Lipinski definition) is 4. The maximum atomic E-state index is 5.86. The Balaban J connectivity index is 3.97. The summed E-state index contributed by atoms with van der Waals surface area (Å²) in [5.74, 6) is 0. The van der Waals surface area contributed by atoms with E-state index in [9.17, 15) is 0 Å². The van der Waals surface area contributed by atoms with Gasteiger partial charge in [-0.3, -0.25) is 0 Å². The molecule has 0 heterocycles. The predicted octanol–water partition coefficient (Wildman–Crippen LogP) is -0.364. The van der Waals surface area contributed by atoms with Gasteiger partial charge in [0.15, 0.2) is 0 Å². The van der Waals surface area contributed by atoms with E-state index in [2.05, 4.69) is 0 Å². The van der Waals surface area contributed by atoms with E-state index >= 15 is 0 Å². The van der Waals surface area contributed by atoms with Gasteiger partial charge in [-0.05, 0) is 44.3 Å². The van der Waals surface area contributed by atoms with Crippen LogP contribution in [0.25, 0.3) is 0 Å². The fourth-order valence-corrected chi connectivity index (χ4v) is 1.18. The Morgan fingerprint density at radius 1 is 0.846 bits per heavy atom. The molecule has 0 atom stereocenters. The van der Waals surface area contributed by atoms with Gasteiger partial charge in [0.2, 0.25) is 0 Å². The van der Waals surface area contributed by atoms with Crippen molar-refractivity contribution >= 4 is 0 Å². The molecule has 0 aliphatic carbocycles. The summed E-state index contributed by atoms with van der Waals surface area (Å²) in [5.41, 5.74) is 24.3. The molecular weight excluding hydrogens is 164 g/mol. The van der Waals surface area contributed by atoms with Crippen molar-refractivity contribution < 1.29 is 0 Å². The molecule has 0 amide bonds. The van der Waals surface area contributed by atoms with E-state index in [4.69, 9.17) is 22.9 Å². The van der Waals surface area contributed by atoms with Gasteiger partial charge >= 0.3 is 0 Å². The van der Waals surface area contributed by atoms with Gasteiger partial charge in [-0.25, -0.2) is 0 Å². The summed E-state index contributed by atoms with van der Waals surface area (Å²) in [6, 6.07) is 0. The number of hydrogen-bond acceptors (Lipinski definition) is 4. The van der Waals surface area contributed by atoms with Crippen LogP contribution >= 0.6 is 0 Å². The first-order valence-electron chi connectivity index (χ1n) is 4.82. The lowest BCUT2D eigenvalue weighted by Crippen LogP contribution is -2.14. The SMILES string of the molecule is NCCCC(N)=C(CN)CCCN. The number of rotatable bonds is 7. The van der Waals surface area contributed by atoms with E-state index in [1.807, 2.05) is 0 Å². The van der Waals surface area contributed by atoms with Gasteiger partial charge in [0.25, 0.3) is 0 Å². The molecule has 0 aromatic rings. The van der Waals surface area contributed by atoms with Crippen LogP contribution in [0, 0.1) is 0 Å². The van der Waals surface area contributed by atoms with Crippen LogP contribution in [0.4, 0.5) is 0 Å². The molecule has 0 bridgehead atoms. The van der Waals surface area contributed by atoms with Crippen molar-refractivity contribution in [2.75, 3.05) is 19.6 Å². The number of nitrogens with two attached hydrogens (primary N) is 4. The Hall–Kier alpha value is -0.580. The molecule has 4 nitrogen and oxygen atoms in total. The van der Waals surface area contributed by atoms with Gasteiger partial charge in [-0.1, -0.05) is 0 Å². The van der Waals surface area contributed by atoms with Gasteiger partial charge in [0, 0.05) is 12.2 Å². The maximum absolute atomic E-state index is 5.86. The summed E-state index contributed by atoms with van der Waals surface area (Å²) in [6.07, 6.45) is 3.66. The highest BCUT2D eigenvalue weighted by Crippen LogP contribution is 2.09. The lowest BCUT2D eigenvalue weighted by molar-refractivity contribution is 0.757. The van der Waals surface area contributed by atoms with Crippen LogP contribution in [0.2, 0.25) is 0 Å². The van der Waals surface area contributed by atoms with E-state index < -0.39 is 0 Å². The fraction of sp³-hybridized carbons (Fsp3) is 0.778. The van der Waals surface area contributed by atoms with E-state index in [-0.39, 0.29) is 0 Å². The molecule has 0 aliphatic heterocycles. The Labute approximate surface area is 80.3 Å². The standard InChI is InChI=1S/C9H22N4/c10-5-1-3-8(7-12)9(13)4-2-6-11/h1-7,10-13H2. The quantitative estimate of drug-likeness (QED) is 0.435. The van der Waals surface area contributed by atoms with Crippen molar-refractivity contribution in [3.8, 4) is 0 Å². The van der Waals surface area contributed by atoms with E-state index in [0.29, 0.717) is 19.6 Å². The zero-order valence-electron chi connectivity index (χ0n) is 8.26. The summed E-state index contributed by atoms with van der Waals surface area (Å²) in [6.45, 7) is 1.90. The van der Waals surface area contributed by atoms with Crippen LogP contribution in [0.3, 0.4) is 0 Å². The lowest BCUT2D eigenvalue weighted by Gasteiger charge is -2.09. The van der Waals surface area contributed by atoms with Crippen LogP contribution in [0.5, 0.6) is 0 Å². The highest BCUT2D eigenvalue weighted by molar-refractivity contribution is 5.12. The minimum absolute atomic E-state index is 0.538. The zero-order chi connectivity index (χ0) is 10.1. The molecule has 8 N–H and O–H groups in total. The lowest BCUT2D eigenvalue weighted by atomic mass is 10.1. The van der Waals surface area contributed by atoms with Crippen LogP contribution < -0.4 is 22.9 Å². The molecule has 0 rings (SSSR count). The van der Waals surface area contributed by atoms with Crippen molar-refractivity contribution in [2.24, 2.45) is 22.9 Å². The highest BCUT2D eigenvalue weighted by atomic mass is 14.6. The van der Waals surface area contributed by atoms with Gasteiger partial charge < -0.3 is 22.9 Å². The Bertz CT molecular complexity index is 154. The largest absolute Gasteiger partial charge is 0.402 e. The summed E-state index contributed by atoms with van der Waals surface area (Å²) >= 11 is 0. The minimum Gasteiger partial charge on any atom is -0.402 e. The van der Waals surface area contributed by atoms with Crippen molar-refractivity contribution in [1.29, 1.82) is 0 Å². The van der Waals surface area contributed by atoms with Crippen LogP contribution in [0.1, 0.15) is 25.7 Å². The van der Waals surface area contributed by atoms with Gasteiger partial charge in [-0.2, -0.15) is 0 Å². The molecule has 0 saturated carbocycles. The summed E-state index contributed by atoms with van der Waals surface area (Å²) in [4.78, 5) is 0. The third kappa shape index (κ3) is 5.63. The smallest absolute Gasteiger partial charge is 0.0156 e. The van der Waals surface area contributed by atoms with Crippen LogP contribution in [0.15, 0.2) is 11.3 Å². The first-order valence-corrected chi connectivity index (χ1v) is 4.82. The van der Waals surface area contributed by atoms with Crippen LogP contribution in [-0.4, -0.2) is 19.6 Å². The van der Waals surface area contributed by atoms with Crippen molar-refractivity contribution in [1.82, 2.24) is 0 Å². The molecular formula is C9H22N4. The average Bonchev–Trinajstić information content (AvgIpc) is 2.16. The van der Waals surface area contributed by atoms with Gasteiger partial charge in [-0.15, -0.1) is 0 Å². The molecule has 78 valence electrons. The van der Waals surface area contributed by atoms with Crippen molar-refractivity contribution in [2.45, 2.75) is 25.7 Å². The van der Waals surface area contributed by atoms with Crippen molar-refractivity contribution in [3.63, 3.8) is 0 Å². The molecule has 0 radical (unpaired) electrons. The second kappa shape index (κ2) is 8.04. The molecule has 0 aromatic carbocycles. The predicted molar refractivity (Wildman–Crippen MR) is 56.8 cm³/mol. The molecule has 0 aliphatic rings. The zero-order valence-corrected chi connectivity index (χ0v) is 8.26. The Morgan fingerprint density at radius 2 is 1.38 bits per heavy atom. The average molecular weight is 186 g/mol. The van der Waals surface area contributed by atoms with Gasteiger partial charge in [0.1, 0.15) is 0 Å². The molecule has 0 unspecified atom stereocenters. The highest BCUT2D eigenvalue weighted by Gasteiger charge is 2.00. The topological polar surface area (TPSA) is 104 Å². The molecule has 4 heteroatoms. The second-order valence-electron chi connectivity index (χ2n) is 3.12. The normalized spacial score (nSPS) is 12.8. The third-order valence-electron chi connectivity index (χ3n) is 2.03. The summed E-state index contributed by atoms with van der Waals surface area (Å²) in [5, 5.41) is 0. The minimum atomic E-state index is 0.538. The summed E-state index contributed by atoms with van der Waals surface area (Å²) in [7, 11) is 0. The first-order chi connectivity index (χ1) is 6.26. The van der Waals surface area contributed by atoms with Crippen molar-refractivity contribution in [3.05, 3.63) is 11.3 Å². The Morgan fingerprint density at radius 3 is 1.85 bits per heavy atom. The molecule has 0 aromatic heterocycles. The van der Waals surface area contributed by atoms with E-state index in [1.165, 1.54) is 0 Å². The molecule has 0 saturated heterocycles. The Kier molecular flexibility index (Phi) is 7.68. The van der Waals surface area contributed by atoms with Crippen LogP contribution in [-0.2, 0) is 0 Å². The molecule has 13 heavy (non-hydrogen) atoms.